The minimum Gasteiger partial charge on any atom is -0.300 e. The van der Waals surface area contributed by atoms with Gasteiger partial charge < -0.3 is 4.79 Å². The van der Waals surface area contributed by atoms with Crippen LogP contribution < -0.4 is 0 Å². The maximum atomic E-state index is 10.6. The van der Waals surface area contributed by atoms with Crippen molar-refractivity contribution in [2.45, 2.75) is 46.5 Å². The fourth-order valence-corrected chi connectivity index (χ4v) is 1.02. The second kappa shape index (κ2) is 6.14. The number of carbonyl (C=O) groups is 1. The molecular formula is C10H18O. The van der Waals surface area contributed by atoms with Gasteiger partial charge >= 0.3 is 0 Å². The average molecular weight is 154 g/mol. The van der Waals surface area contributed by atoms with Crippen LogP contribution in [-0.4, -0.2) is 5.78 Å². The summed E-state index contributed by atoms with van der Waals surface area (Å²) in [4.78, 5) is 10.6. The van der Waals surface area contributed by atoms with Crippen LogP contribution in [0.15, 0.2) is 11.6 Å². The Kier molecular flexibility index (Phi) is 5.81. The summed E-state index contributed by atoms with van der Waals surface area (Å²) in [7, 11) is 0. The number of rotatable bonds is 5. The van der Waals surface area contributed by atoms with Crippen LogP contribution in [0.2, 0.25) is 0 Å². The maximum Gasteiger partial charge on any atom is 0.130 e. The minimum atomic E-state index is 0.283. The molecular weight excluding hydrogens is 136 g/mol. The second-order valence-electron chi connectivity index (χ2n) is 3.04. The number of hydrogen-bond acceptors (Lipinski definition) is 1. The standard InChI is InChI=1S/C10H18O/c1-4-6-9(2)7-5-8-10(3)11/h7H,4-6,8H2,1-3H3/b9-7-. The summed E-state index contributed by atoms with van der Waals surface area (Å²) in [6.07, 6.45) is 6.15. The SMILES string of the molecule is CCC/C(C)=C\CCC(C)=O. The Balaban J connectivity index is 3.47. The van der Waals surface area contributed by atoms with Crippen molar-refractivity contribution in [2.24, 2.45) is 0 Å². The molecule has 0 saturated heterocycles. The zero-order chi connectivity index (χ0) is 8.69. The number of hydrogen-bond donors (Lipinski definition) is 0. The molecule has 11 heavy (non-hydrogen) atoms. The van der Waals surface area contributed by atoms with E-state index >= 15 is 0 Å². The molecule has 0 aliphatic rings. The molecule has 0 bridgehead atoms. The van der Waals surface area contributed by atoms with Crippen LogP contribution in [0.5, 0.6) is 0 Å². The number of ketones is 1. The minimum absolute atomic E-state index is 0.283. The molecule has 0 amide bonds. The Morgan fingerprint density at radius 1 is 1.27 bits per heavy atom. The molecule has 0 atom stereocenters. The van der Waals surface area contributed by atoms with E-state index in [-0.39, 0.29) is 5.78 Å². The smallest absolute Gasteiger partial charge is 0.130 e. The lowest BCUT2D eigenvalue weighted by Crippen LogP contribution is -1.87. The first kappa shape index (κ1) is 10.4. The fraction of sp³-hybridized carbons (Fsp3) is 0.700. The average Bonchev–Trinajstić information content (AvgIpc) is 1.87. The summed E-state index contributed by atoms with van der Waals surface area (Å²) in [6.45, 7) is 5.94. The van der Waals surface area contributed by atoms with Crippen LogP contribution in [0.1, 0.15) is 46.5 Å². The molecule has 0 aromatic heterocycles. The molecule has 0 radical (unpaired) electrons. The van der Waals surface area contributed by atoms with Gasteiger partial charge in [0.15, 0.2) is 0 Å². The molecule has 0 unspecified atom stereocenters. The van der Waals surface area contributed by atoms with Gasteiger partial charge in [0.05, 0.1) is 0 Å². The Hall–Kier alpha value is -0.590. The van der Waals surface area contributed by atoms with E-state index in [1.165, 1.54) is 12.0 Å². The first-order valence-electron chi connectivity index (χ1n) is 4.32. The summed E-state index contributed by atoms with van der Waals surface area (Å²) >= 11 is 0. The summed E-state index contributed by atoms with van der Waals surface area (Å²) < 4.78 is 0. The van der Waals surface area contributed by atoms with E-state index in [1.54, 1.807) is 6.92 Å². The monoisotopic (exact) mass is 154 g/mol. The van der Waals surface area contributed by atoms with Gasteiger partial charge in [0, 0.05) is 6.42 Å². The molecule has 0 saturated carbocycles. The highest BCUT2D eigenvalue weighted by Crippen LogP contribution is 2.05. The molecule has 1 heteroatoms. The molecule has 0 rings (SSSR count). The van der Waals surface area contributed by atoms with Gasteiger partial charge in [-0.05, 0) is 26.7 Å². The van der Waals surface area contributed by atoms with Gasteiger partial charge in [0.1, 0.15) is 5.78 Å². The molecule has 1 nitrogen and oxygen atoms in total. The topological polar surface area (TPSA) is 17.1 Å². The normalized spacial score (nSPS) is 11.7. The third kappa shape index (κ3) is 7.31. The van der Waals surface area contributed by atoms with E-state index in [2.05, 4.69) is 19.9 Å². The highest BCUT2D eigenvalue weighted by atomic mass is 16.1. The van der Waals surface area contributed by atoms with Gasteiger partial charge in [-0.25, -0.2) is 0 Å². The van der Waals surface area contributed by atoms with Crippen LogP contribution in [0.4, 0.5) is 0 Å². The Labute approximate surface area is 69.5 Å². The van der Waals surface area contributed by atoms with Gasteiger partial charge in [-0.2, -0.15) is 0 Å². The molecule has 0 aromatic rings. The molecule has 0 aromatic carbocycles. The highest BCUT2D eigenvalue weighted by Gasteiger charge is 1.90. The van der Waals surface area contributed by atoms with Crippen molar-refractivity contribution in [1.82, 2.24) is 0 Å². The van der Waals surface area contributed by atoms with Crippen molar-refractivity contribution >= 4 is 5.78 Å². The summed E-state index contributed by atoms with van der Waals surface area (Å²) in [6, 6.07) is 0. The summed E-state index contributed by atoms with van der Waals surface area (Å²) in [5, 5.41) is 0. The molecule has 0 fully saturated rings. The molecule has 0 heterocycles. The van der Waals surface area contributed by atoms with Crippen LogP contribution in [0, 0.1) is 0 Å². The third-order valence-electron chi connectivity index (χ3n) is 1.63. The first-order chi connectivity index (χ1) is 5.16. The zero-order valence-corrected chi connectivity index (χ0v) is 7.81. The van der Waals surface area contributed by atoms with E-state index < -0.39 is 0 Å². The lowest BCUT2D eigenvalue weighted by Gasteiger charge is -1.96. The van der Waals surface area contributed by atoms with Gasteiger partial charge in [-0.3, -0.25) is 0 Å². The van der Waals surface area contributed by atoms with Crippen molar-refractivity contribution in [1.29, 1.82) is 0 Å². The quantitative estimate of drug-likeness (QED) is 0.556. The highest BCUT2D eigenvalue weighted by molar-refractivity contribution is 5.75. The van der Waals surface area contributed by atoms with Crippen LogP contribution in [0.25, 0.3) is 0 Å². The van der Waals surface area contributed by atoms with Gasteiger partial charge in [-0.1, -0.05) is 25.0 Å². The summed E-state index contributed by atoms with van der Waals surface area (Å²) in [5.74, 6) is 0.283. The van der Waals surface area contributed by atoms with Crippen LogP contribution >= 0.6 is 0 Å². The Morgan fingerprint density at radius 2 is 1.91 bits per heavy atom. The van der Waals surface area contributed by atoms with Crippen molar-refractivity contribution in [2.75, 3.05) is 0 Å². The molecule has 0 spiro atoms. The third-order valence-corrected chi connectivity index (χ3v) is 1.63. The zero-order valence-electron chi connectivity index (χ0n) is 7.81. The lowest BCUT2D eigenvalue weighted by atomic mass is 10.1. The molecule has 64 valence electrons. The Morgan fingerprint density at radius 3 is 2.36 bits per heavy atom. The van der Waals surface area contributed by atoms with Crippen molar-refractivity contribution in [3.8, 4) is 0 Å². The predicted octanol–water partition coefficient (Wildman–Crippen LogP) is 3.10. The van der Waals surface area contributed by atoms with Gasteiger partial charge in [0.2, 0.25) is 0 Å². The number of allylic oxidation sites excluding steroid dienone is 2. The van der Waals surface area contributed by atoms with Gasteiger partial charge in [-0.15, -0.1) is 0 Å². The van der Waals surface area contributed by atoms with Crippen LogP contribution in [0.3, 0.4) is 0 Å². The van der Waals surface area contributed by atoms with Crippen LogP contribution in [-0.2, 0) is 4.79 Å². The molecule has 0 aliphatic carbocycles. The summed E-state index contributed by atoms with van der Waals surface area (Å²) in [5.41, 5.74) is 1.41. The molecule has 0 N–H and O–H groups in total. The lowest BCUT2D eigenvalue weighted by molar-refractivity contribution is -0.116. The van der Waals surface area contributed by atoms with Crippen molar-refractivity contribution in [3.05, 3.63) is 11.6 Å². The number of carbonyl (C=O) groups excluding carboxylic acids is 1. The maximum absolute atomic E-state index is 10.6. The fourth-order valence-electron chi connectivity index (χ4n) is 1.02. The van der Waals surface area contributed by atoms with E-state index in [9.17, 15) is 4.79 Å². The Bertz CT molecular complexity index is 145. The van der Waals surface area contributed by atoms with E-state index in [0.717, 1.165) is 12.8 Å². The molecule has 0 aliphatic heterocycles. The second-order valence-corrected chi connectivity index (χ2v) is 3.04. The van der Waals surface area contributed by atoms with E-state index in [1.807, 2.05) is 0 Å². The van der Waals surface area contributed by atoms with E-state index in [4.69, 9.17) is 0 Å². The van der Waals surface area contributed by atoms with E-state index in [0.29, 0.717) is 6.42 Å². The first-order valence-corrected chi connectivity index (χ1v) is 4.32. The number of Topliss-reactive ketones (excluding diaryl/α,β-unsaturated/α-hetero) is 1. The van der Waals surface area contributed by atoms with Gasteiger partial charge in [0.25, 0.3) is 0 Å². The van der Waals surface area contributed by atoms with Crippen molar-refractivity contribution < 1.29 is 4.79 Å². The predicted molar refractivity (Wildman–Crippen MR) is 48.6 cm³/mol. The largest absolute Gasteiger partial charge is 0.300 e. The van der Waals surface area contributed by atoms with Crippen molar-refractivity contribution in [3.63, 3.8) is 0 Å².